The second-order valence-corrected chi connectivity index (χ2v) is 7.28. The van der Waals surface area contributed by atoms with Crippen molar-refractivity contribution in [3.8, 4) is 11.8 Å². The van der Waals surface area contributed by atoms with Gasteiger partial charge in [-0.15, -0.1) is 0 Å². The smallest absolute Gasteiger partial charge is 0.161 e. The number of aromatic nitrogens is 1. The molecule has 134 valence electrons. The second kappa shape index (κ2) is 7.14. The van der Waals surface area contributed by atoms with Gasteiger partial charge in [-0.25, -0.2) is 4.98 Å². The van der Waals surface area contributed by atoms with Gasteiger partial charge in [-0.3, -0.25) is 4.90 Å². The Labute approximate surface area is 158 Å². The molecule has 1 saturated heterocycles. The maximum atomic E-state index is 9.17. The van der Waals surface area contributed by atoms with Crippen LogP contribution in [0.2, 0.25) is 5.02 Å². The first-order valence-corrected chi connectivity index (χ1v) is 9.30. The lowest BCUT2D eigenvalue weighted by Crippen LogP contribution is -2.33. The molecule has 1 aliphatic carbocycles. The minimum Gasteiger partial charge on any atom is -0.497 e. The van der Waals surface area contributed by atoms with Crippen LogP contribution in [0.4, 0.5) is 5.82 Å². The third kappa shape index (κ3) is 3.35. The normalized spacial score (nSPS) is 22.8. The van der Waals surface area contributed by atoms with Crippen LogP contribution in [0.5, 0.6) is 5.75 Å². The van der Waals surface area contributed by atoms with Crippen LogP contribution < -0.4 is 10.1 Å². The van der Waals surface area contributed by atoms with Gasteiger partial charge >= 0.3 is 0 Å². The molecule has 2 heterocycles. The average Bonchev–Trinajstić information content (AvgIpc) is 3.44. The Morgan fingerprint density at radius 3 is 2.85 bits per heavy atom. The summed E-state index contributed by atoms with van der Waals surface area (Å²) < 4.78 is 5.42. The van der Waals surface area contributed by atoms with Crippen LogP contribution in [0.15, 0.2) is 36.4 Å². The summed E-state index contributed by atoms with van der Waals surface area (Å²) in [5, 5.41) is 13.1. The van der Waals surface area contributed by atoms with Gasteiger partial charge in [0.1, 0.15) is 17.6 Å². The number of ether oxygens (including phenoxy) is 1. The van der Waals surface area contributed by atoms with Gasteiger partial charge in [0.05, 0.1) is 18.2 Å². The summed E-state index contributed by atoms with van der Waals surface area (Å²) in [5.74, 6) is 1.57. The van der Waals surface area contributed by atoms with E-state index in [9.17, 15) is 0 Å². The standard InChI is InChI=1S/C20H21ClN4O/c1-26-15-4-2-3-13(11-15)20-17(9-10-25(20)14-5-6-14)23-19-8-7-16(21)18(12-22)24-19/h2-4,7-8,11,14,17,20H,5-6,9-10H2,1H3,(H,23,24). The first-order chi connectivity index (χ1) is 12.7. The molecule has 1 aliphatic heterocycles. The monoisotopic (exact) mass is 368 g/mol. The van der Waals surface area contributed by atoms with Crippen molar-refractivity contribution in [2.45, 2.75) is 37.4 Å². The van der Waals surface area contributed by atoms with Gasteiger partial charge in [-0.2, -0.15) is 5.26 Å². The van der Waals surface area contributed by atoms with Crippen molar-refractivity contribution in [1.82, 2.24) is 9.88 Å². The van der Waals surface area contributed by atoms with Crippen LogP contribution in [-0.2, 0) is 0 Å². The molecule has 2 fully saturated rings. The summed E-state index contributed by atoms with van der Waals surface area (Å²) in [6.07, 6.45) is 3.57. The van der Waals surface area contributed by atoms with E-state index in [0.29, 0.717) is 16.9 Å². The lowest BCUT2D eigenvalue weighted by Gasteiger charge is -2.29. The van der Waals surface area contributed by atoms with Crippen LogP contribution in [0.1, 0.15) is 36.6 Å². The topological polar surface area (TPSA) is 61.2 Å². The highest BCUT2D eigenvalue weighted by Gasteiger charge is 2.43. The third-order valence-electron chi connectivity index (χ3n) is 5.17. The molecule has 2 atom stereocenters. The molecular weight excluding hydrogens is 348 g/mol. The fraction of sp³-hybridized carbons (Fsp3) is 0.400. The Morgan fingerprint density at radius 1 is 1.27 bits per heavy atom. The van der Waals surface area contributed by atoms with E-state index in [1.165, 1.54) is 18.4 Å². The molecule has 26 heavy (non-hydrogen) atoms. The maximum Gasteiger partial charge on any atom is 0.161 e. The first-order valence-electron chi connectivity index (χ1n) is 8.92. The summed E-state index contributed by atoms with van der Waals surface area (Å²) in [6.45, 7) is 1.06. The molecule has 5 nitrogen and oxygen atoms in total. The number of nitrogens with one attached hydrogen (secondary N) is 1. The number of nitriles is 1. The minimum atomic E-state index is 0.225. The Morgan fingerprint density at radius 2 is 2.12 bits per heavy atom. The quantitative estimate of drug-likeness (QED) is 0.864. The number of nitrogens with zero attached hydrogens (tertiary/aromatic N) is 3. The third-order valence-corrected chi connectivity index (χ3v) is 5.48. The Kier molecular flexibility index (Phi) is 4.71. The molecule has 1 saturated carbocycles. The summed E-state index contributed by atoms with van der Waals surface area (Å²) >= 11 is 6.01. The van der Waals surface area contributed by atoms with E-state index in [-0.39, 0.29) is 17.8 Å². The maximum absolute atomic E-state index is 9.17. The number of rotatable bonds is 5. The Bertz CT molecular complexity index is 846. The van der Waals surface area contributed by atoms with Crippen molar-refractivity contribution < 1.29 is 4.74 Å². The van der Waals surface area contributed by atoms with E-state index in [1.54, 1.807) is 13.2 Å². The predicted molar refractivity (Wildman–Crippen MR) is 101 cm³/mol. The van der Waals surface area contributed by atoms with Gasteiger partial charge in [0.15, 0.2) is 5.69 Å². The minimum absolute atomic E-state index is 0.225. The number of anilines is 1. The zero-order valence-electron chi connectivity index (χ0n) is 14.7. The molecule has 2 aliphatic rings. The molecule has 0 spiro atoms. The number of benzene rings is 1. The lowest BCUT2D eigenvalue weighted by atomic mass is 9.99. The zero-order valence-corrected chi connectivity index (χ0v) is 15.4. The van der Waals surface area contributed by atoms with Crippen molar-refractivity contribution in [2.24, 2.45) is 0 Å². The molecule has 1 N–H and O–H groups in total. The van der Waals surface area contributed by atoms with E-state index in [0.717, 1.165) is 18.7 Å². The van der Waals surface area contributed by atoms with Crippen LogP contribution >= 0.6 is 11.6 Å². The van der Waals surface area contributed by atoms with Crippen molar-refractivity contribution >= 4 is 17.4 Å². The summed E-state index contributed by atoms with van der Waals surface area (Å²) in [4.78, 5) is 6.95. The van der Waals surface area contributed by atoms with E-state index in [1.807, 2.05) is 24.3 Å². The Balaban J connectivity index is 1.62. The van der Waals surface area contributed by atoms with Crippen LogP contribution in [0, 0.1) is 11.3 Å². The van der Waals surface area contributed by atoms with Crippen LogP contribution in [0.3, 0.4) is 0 Å². The largest absolute Gasteiger partial charge is 0.497 e. The summed E-state index contributed by atoms with van der Waals surface area (Å²) in [6, 6.07) is 15.1. The average molecular weight is 369 g/mol. The van der Waals surface area contributed by atoms with Crippen molar-refractivity contribution in [3.05, 3.63) is 52.7 Å². The number of pyridine rings is 1. The fourth-order valence-electron chi connectivity index (χ4n) is 3.82. The number of halogens is 1. The first kappa shape index (κ1) is 17.1. The van der Waals surface area contributed by atoms with E-state index >= 15 is 0 Å². The molecule has 2 unspecified atom stereocenters. The molecule has 1 aromatic carbocycles. The van der Waals surface area contributed by atoms with E-state index in [2.05, 4.69) is 27.3 Å². The molecular formula is C20H21ClN4O. The molecule has 2 aromatic rings. The highest BCUT2D eigenvalue weighted by Crippen LogP contribution is 2.42. The Hall–Kier alpha value is -2.29. The number of hydrogen-bond acceptors (Lipinski definition) is 5. The predicted octanol–water partition coefficient (Wildman–Crippen LogP) is 4.01. The second-order valence-electron chi connectivity index (χ2n) is 6.87. The lowest BCUT2D eigenvalue weighted by molar-refractivity contribution is 0.240. The van der Waals surface area contributed by atoms with Gasteiger partial charge in [-0.05, 0) is 49.1 Å². The van der Waals surface area contributed by atoms with Crippen LogP contribution in [0.25, 0.3) is 0 Å². The number of likely N-dealkylation sites (tertiary alicyclic amines) is 1. The molecule has 0 radical (unpaired) electrons. The SMILES string of the molecule is COc1cccc(C2C(Nc3ccc(Cl)c(C#N)n3)CCN2C2CC2)c1. The molecule has 6 heteroatoms. The molecule has 0 bridgehead atoms. The number of methoxy groups -OCH3 is 1. The van der Waals surface area contributed by atoms with Gasteiger partial charge < -0.3 is 10.1 Å². The molecule has 1 aromatic heterocycles. The van der Waals surface area contributed by atoms with Gasteiger partial charge in [-0.1, -0.05) is 23.7 Å². The van der Waals surface area contributed by atoms with E-state index < -0.39 is 0 Å². The van der Waals surface area contributed by atoms with Gasteiger partial charge in [0.2, 0.25) is 0 Å². The molecule has 4 rings (SSSR count). The van der Waals surface area contributed by atoms with Crippen molar-refractivity contribution in [2.75, 3.05) is 19.0 Å². The van der Waals surface area contributed by atoms with Gasteiger partial charge in [0, 0.05) is 18.6 Å². The summed E-state index contributed by atoms with van der Waals surface area (Å²) in [7, 11) is 1.70. The number of hydrogen-bond donors (Lipinski definition) is 1. The highest BCUT2D eigenvalue weighted by atomic mass is 35.5. The van der Waals surface area contributed by atoms with Crippen molar-refractivity contribution in [1.29, 1.82) is 5.26 Å². The summed E-state index contributed by atoms with van der Waals surface area (Å²) in [5.41, 5.74) is 1.51. The van der Waals surface area contributed by atoms with Gasteiger partial charge in [0.25, 0.3) is 0 Å². The highest BCUT2D eigenvalue weighted by molar-refractivity contribution is 6.31. The zero-order chi connectivity index (χ0) is 18.1. The fourth-order valence-corrected chi connectivity index (χ4v) is 3.97. The molecule has 0 amide bonds. The van der Waals surface area contributed by atoms with Crippen LogP contribution in [-0.4, -0.2) is 35.6 Å². The van der Waals surface area contributed by atoms with Crippen molar-refractivity contribution in [3.63, 3.8) is 0 Å². The van der Waals surface area contributed by atoms with E-state index in [4.69, 9.17) is 21.6 Å².